The minimum atomic E-state index is -0.0344. The first-order valence-corrected chi connectivity index (χ1v) is 11.3. The van der Waals surface area contributed by atoms with Gasteiger partial charge in [0.25, 0.3) is 0 Å². The van der Waals surface area contributed by atoms with Crippen molar-refractivity contribution in [1.82, 2.24) is 0 Å². The second-order valence-corrected chi connectivity index (χ2v) is 7.25. The number of allylic oxidation sites excluding steroid dienone is 4. The summed E-state index contributed by atoms with van der Waals surface area (Å²) in [6.07, 6.45) is 27.7. The highest BCUT2D eigenvalue weighted by molar-refractivity contribution is 5.69. The van der Waals surface area contributed by atoms with Crippen LogP contribution in [0.4, 0.5) is 0 Å². The molecule has 0 aliphatic rings. The summed E-state index contributed by atoms with van der Waals surface area (Å²) in [5.41, 5.74) is 0. The topological polar surface area (TPSA) is 26.3 Å². The quantitative estimate of drug-likeness (QED) is 0.132. The summed E-state index contributed by atoms with van der Waals surface area (Å²) >= 11 is 0. The number of carbonyl (C=O) groups is 1. The van der Waals surface area contributed by atoms with Crippen LogP contribution in [0.5, 0.6) is 0 Å². The molecule has 0 amide bonds. The summed E-state index contributed by atoms with van der Waals surface area (Å²) in [7, 11) is 0. The highest BCUT2D eigenvalue weighted by Crippen LogP contribution is 2.06. The van der Waals surface area contributed by atoms with Crippen molar-refractivity contribution < 1.29 is 9.53 Å². The molecule has 0 spiro atoms. The fourth-order valence-electron chi connectivity index (χ4n) is 2.84. The number of hydrogen-bond acceptors (Lipinski definition) is 2. The van der Waals surface area contributed by atoms with E-state index < -0.39 is 0 Å². The van der Waals surface area contributed by atoms with Crippen LogP contribution in [0.25, 0.3) is 0 Å². The summed E-state index contributed by atoms with van der Waals surface area (Å²) in [4.78, 5) is 11.7. The van der Waals surface area contributed by atoms with Crippen molar-refractivity contribution in [2.45, 2.75) is 117 Å². The van der Waals surface area contributed by atoms with E-state index in [1.54, 1.807) is 0 Å². The molecule has 0 atom stereocenters. The Morgan fingerprint density at radius 1 is 0.615 bits per heavy atom. The van der Waals surface area contributed by atoms with Crippen LogP contribution < -0.4 is 0 Å². The molecule has 152 valence electrons. The Morgan fingerprint density at radius 2 is 1.08 bits per heavy atom. The van der Waals surface area contributed by atoms with Gasteiger partial charge >= 0.3 is 5.97 Å². The lowest BCUT2D eigenvalue weighted by Crippen LogP contribution is -2.05. The molecule has 0 saturated heterocycles. The fourth-order valence-corrected chi connectivity index (χ4v) is 2.84. The van der Waals surface area contributed by atoms with Crippen molar-refractivity contribution in [2.75, 3.05) is 6.61 Å². The maximum Gasteiger partial charge on any atom is 0.305 e. The van der Waals surface area contributed by atoms with E-state index in [1.807, 2.05) is 0 Å². The molecule has 0 saturated carbocycles. The van der Waals surface area contributed by atoms with Crippen LogP contribution in [0.1, 0.15) is 117 Å². The van der Waals surface area contributed by atoms with E-state index in [9.17, 15) is 4.79 Å². The molecule has 2 heteroatoms. The molecule has 2 nitrogen and oxygen atoms in total. The number of carbonyl (C=O) groups excluding carboxylic acids is 1. The Labute approximate surface area is 163 Å². The number of rotatable bonds is 19. The van der Waals surface area contributed by atoms with E-state index in [-0.39, 0.29) is 5.97 Å². The second-order valence-electron chi connectivity index (χ2n) is 7.25. The van der Waals surface area contributed by atoms with E-state index in [4.69, 9.17) is 4.74 Å². The lowest BCUT2D eigenvalue weighted by Gasteiger charge is -2.03. The monoisotopic (exact) mass is 364 g/mol. The third kappa shape index (κ3) is 21.0. The normalized spacial score (nSPS) is 11.6. The third-order valence-corrected chi connectivity index (χ3v) is 4.56. The molecule has 0 unspecified atom stereocenters. The number of esters is 1. The van der Waals surface area contributed by atoms with Crippen LogP contribution in [0.15, 0.2) is 24.3 Å². The summed E-state index contributed by atoms with van der Waals surface area (Å²) in [6.45, 7) is 5.06. The first kappa shape index (κ1) is 24.9. The molecular formula is C24H44O2. The van der Waals surface area contributed by atoms with Crippen LogP contribution in [0, 0.1) is 0 Å². The van der Waals surface area contributed by atoms with Crippen LogP contribution in [0.3, 0.4) is 0 Å². The van der Waals surface area contributed by atoms with Gasteiger partial charge in [0.05, 0.1) is 6.61 Å². The van der Waals surface area contributed by atoms with Crippen molar-refractivity contribution >= 4 is 5.97 Å². The SMILES string of the molecule is CCCCCC/C=C\CCCCOC(=O)CCC/C=C\CCCCCC. The molecule has 0 rings (SSSR count). The molecule has 0 aliphatic heterocycles. The lowest BCUT2D eigenvalue weighted by atomic mass is 10.1. The van der Waals surface area contributed by atoms with Crippen LogP contribution >= 0.6 is 0 Å². The predicted molar refractivity (Wildman–Crippen MR) is 114 cm³/mol. The minimum Gasteiger partial charge on any atom is -0.466 e. The van der Waals surface area contributed by atoms with Crippen LogP contribution in [0.2, 0.25) is 0 Å². The summed E-state index contributed by atoms with van der Waals surface area (Å²) < 4.78 is 5.30. The van der Waals surface area contributed by atoms with Gasteiger partial charge in [-0.3, -0.25) is 4.79 Å². The minimum absolute atomic E-state index is 0.0344. The van der Waals surface area contributed by atoms with Crippen molar-refractivity contribution in [3.05, 3.63) is 24.3 Å². The van der Waals surface area contributed by atoms with Gasteiger partial charge in [-0.05, 0) is 57.8 Å². The average Bonchev–Trinajstić information content (AvgIpc) is 2.64. The first-order chi connectivity index (χ1) is 12.8. The van der Waals surface area contributed by atoms with Crippen molar-refractivity contribution in [1.29, 1.82) is 0 Å². The van der Waals surface area contributed by atoms with E-state index in [0.717, 1.165) is 32.1 Å². The Bertz CT molecular complexity index is 344. The van der Waals surface area contributed by atoms with Gasteiger partial charge in [0, 0.05) is 6.42 Å². The summed E-state index contributed by atoms with van der Waals surface area (Å²) in [5, 5.41) is 0. The maximum absolute atomic E-state index is 11.7. The molecular weight excluding hydrogens is 320 g/mol. The van der Waals surface area contributed by atoms with E-state index in [0.29, 0.717) is 13.0 Å². The third-order valence-electron chi connectivity index (χ3n) is 4.56. The van der Waals surface area contributed by atoms with Gasteiger partial charge < -0.3 is 4.74 Å². The molecule has 0 aromatic rings. The Hall–Kier alpha value is -1.05. The molecule has 0 heterocycles. The van der Waals surface area contributed by atoms with Gasteiger partial charge in [0.15, 0.2) is 0 Å². The number of ether oxygens (including phenoxy) is 1. The molecule has 0 radical (unpaired) electrons. The second kappa shape index (κ2) is 22.0. The van der Waals surface area contributed by atoms with Gasteiger partial charge in [0.2, 0.25) is 0 Å². The molecule has 0 fully saturated rings. The largest absolute Gasteiger partial charge is 0.466 e. The summed E-state index contributed by atoms with van der Waals surface area (Å²) in [5.74, 6) is -0.0344. The van der Waals surface area contributed by atoms with E-state index in [2.05, 4.69) is 38.2 Å². The highest BCUT2D eigenvalue weighted by atomic mass is 16.5. The number of hydrogen-bond donors (Lipinski definition) is 0. The molecule has 0 aromatic heterocycles. The van der Waals surface area contributed by atoms with Gasteiger partial charge in [-0.2, -0.15) is 0 Å². The zero-order valence-corrected chi connectivity index (χ0v) is 17.6. The number of unbranched alkanes of at least 4 members (excludes halogenated alkanes) is 11. The van der Waals surface area contributed by atoms with Gasteiger partial charge in [-0.15, -0.1) is 0 Å². The fraction of sp³-hybridized carbons (Fsp3) is 0.792. The van der Waals surface area contributed by atoms with Gasteiger partial charge in [-0.25, -0.2) is 0 Å². The van der Waals surface area contributed by atoms with E-state index in [1.165, 1.54) is 64.2 Å². The molecule has 0 aliphatic carbocycles. The first-order valence-electron chi connectivity index (χ1n) is 11.3. The van der Waals surface area contributed by atoms with Gasteiger partial charge in [0.1, 0.15) is 0 Å². The average molecular weight is 365 g/mol. The molecule has 0 bridgehead atoms. The molecule has 26 heavy (non-hydrogen) atoms. The Morgan fingerprint density at radius 3 is 1.58 bits per heavy atom. The van der Waals surface area contributed by atoms with Crippen molar-refractivity contribution in [3.8, 4) is 0 Å². The Kier molecular flexibility index (Phi) is 21.1. The van der Waals surface area contributed by atoms with Crippen molar-refractivity contribution in [3.63, 3.8) is 0 Å². The molecule has 0 N–H and O–H groups in total. The predicted octanol–water partition coefficient (Wildman–Crippen LogP) is 7.92. The Balaban J connectivity index is 3.29. The zero-order chi connectivity index (χ0) is 19.1. The van der Waals surface area contributed by atoms with E-state index >= 15 is 0 Å². The van der Waals surface area contributed by atoms with Gasteiger partial charge in [-0.1, -0.05) is 76.7 Å². The highest BCUT2D eigenvalue weighted by Gasteiger charge is 2.01. The smallest absolute Gasteiger partial charge is 0.305 e. The van der Waals surface area contributed by atoms with Crippen LogP contribution in [-0.2, 0) is 9.53 Å². The zero-order valence-electron chi connectivity index (χ0n) is 17.6. The molecule has 0 aromatic carbocycles. The summed E-state index contributed by atoms with van der Waals surface area (Å²) in [6, 6.07) is 0. The standard InChI is InChI=1S/C24H44O2/c1-3-5-7-9-11-13-15-17-19-21-23-26-24(25)22-20-18-16-14-12-10-8-6-4-2/h13-16H,3-12,17-23H2,1-2H3/b15-13-,16-14-. The van der Waals surface area contributed by atoms with Crippen LogP contribution in [-0.4, -0.2) is 12.6 Å². The maximum atomic E-state index is 11.7. The van der Waals surface area contributed by atoms with Crippen molar-refractivity contribution in [2.24, 2.45) is 0 Å². The lowest BCUT2D eigenvalue weighted by molar-refractivity contribution is -0.143.